The van der Waals surface area contributed by atoms with Crippen molar-refractivity contribution in [3.8, 4) is 17.1 Å². The van der Waals surface area contributed by atoms with E-state index >= 15 is 0 Å². The van der Waals surface area contributed by atoms with Crippen LogP contribution in [0.4, 0.5) is 0 Å². The van der Waals surface area contributed by atoms with E-state index in [-0.39, 0.29) is 11.9 Å². The number of aromatic nitrogens is 5. The summed E-state index contributed by atoms with van der Waals surface area (Å²) in [6.45, 7) is 8.52. The maximum atomic E-state index is 13.8. The lowest BCUT2D eigenvalue weighted by atomic mass is 10.1. The quantitative estimate of drug-likeness (QED) is 0.336. The fourth-order valence-electron chi connectivity index (χ4n) is 4.36. The van der Waals surface area contributed by atoms with E-state index in [4.69, 9.17) is 14.5 Å². The molecule has 0 radical (unpaired) electrons. The number of fused-ring (bicyclic) bond motifs is 1. The van der Waals surface area contributed by atoms with Crippen molar-refractivity contribution in [1.82, 2.24) is 29.4 Å². The number of rotatable bonds is 6. The Balaban J connectivity index is 1.53. The van der Waals surface area contributed by atoms with Gasteiger partial charge in [0.25, 0.3) is 5.91 Å². The Morgan fingerprint density at radius 1 is 1.11 bits per heavy atom. The number of aryl methyl sites for hydroxylation is 1. The Hall–Kier alpha value is -4.20. The van der Waals surface area contributed by atoms with Crippen LogP contribution in [0.3, 0.4) is 0 Å². The van der Waals surface area contributed by atoms with Crippen LogP contribution in [0.15, 0.2) is 65.4 Å². The zero-order valence-corrected chi connectivity index (χ0v) is 20.6. The zero-order chi connectivity index (χ0) is 24.7. The van der Waals surface area contributed by atoms with Gasteiger partial charge in [0, 0.05) is 30.9 Å². The van der Waals surface area contributed by atoms with Gasteiger partial charge in [0.15, 0.2) is 11.4 Å². The molecule has 0 aliphatic rings. The molecule has 1 aromatic carbocycles. The average molecular weight is 469 g/mol. The van der Waals surface area contributed by atoms with Gasteiger partial charge in [0.2, 0.25) is 0 Å². The monoisotopic (exact) mass is 468 g/mol. The SMILES string of the molecule is Cc1nn(-c2ccccc2)c(C)c1CN(C)C(=O)c1cc(-c2ccco2)nc2c1cnn2C(C)C. The van der Waals surface area contributed by atoms with E-state index in [2.05, 4.69) is 5.10 Å². The van der Waals surface area contributed by atoms with Crippen molar-refractivity contribution in [2.75, 3.05) is 7.05 Å². The first-order valence-electron chi connectivity index (χ1n) is 11.6. The molecule has 5 aromatic rings. The number of pyridine rings is 1. The number of carbonyl (C=O) groups is 1. The fraction of sp³-hybridized carbons (Fsp3) is 0.259. The summed E-state index contributed by atoms with van der Waals surface area (Å²) < 4.78 is 9.34. The largest absolute Gasteiger partial charge is 0.463 e. The Labute approximate surface area is 203 Å². The number of para-hydroxylation sites is 1. The minimum Gasteiger partial charge on any atom is -0.463 e. The Morgan fingerprint density at radius 2 is 1.89 bits per heavy atom. The van der Waals surface area contributed by atoms with Gasteiger partial charge in [-0.05, 0) is 58.0 Å². The van der Waals surface area contributed by atoms with Gasteiger partial charge in [-0.15, -0.1) is 0 Å². The molecule has 5 rings (SSSR count). The van der Waals surface area contributed by atoms with Crippen LogP contribution in [0.2, 0.25) is 0 Å². The standard InChI is InChI=1S/C27H28N6O2/c1-17(2)32-26-22(15-28-32)21(14-24(29-26)25-12-9-13-35-25)27(34)31(5)16-23-18(3)30-33(19(23)4)20-10-7-6-8-11-20/h6-15,17H,16H2,1-5H3. The summed E-state index contributed by atoms with van der Waals surface area (Å²) in [4.78, 5) is 20.3. The molecule has 4 heterocycles. The molecule has 1 amide bonds. The van der Waals surface area contributed by atoms with Gasteiger partial charge in [0.1, 0.15) is 5.69 Å². The van der Waals surface area contributed by atoms with Crippen molar-refractivity contribution in [2.24, 2.45) is 0 Å². The number of hydrogen-bond donors (Lipinski definition) is 0. The molecule has 178 valence electrons. The first-order chi connectivity index (χ1) is 16.8. The van der Waals surface area contributed by atoms with Crippen LogP contribution < -0.4 is 0 Å². The third kappa shape index (κ3) is 4.01. The summed E-state index contributed by atoms with van der Waals surface area (Å²) in [7, 11) is 1.81. The van der Waals surface area contributed by atoms with E-state index in [0.717, 1.165) is 28.0 Å². The molecular weight excluding hydrogens is 440 g/mol. The fourth-order valence-corrected chi connectivity index (χ4v) is 4.36. The van der Waals surface area contributed by atoms with Gasteiger partial charge in [-0.25, -0.2) is 14.3 Å². The second kappa shape index (κ2) is 8.87. The van der Waals surface area contributed by atoms with Crippen molar-refractivity contribution < 1.29 is 9.21 Å². The second-order valence-corrected chi connectivity index (χ2v) is 9.01. The lowest BCUT2D eigenvalue weighted by molar-refractivity contribution is 0.0786. The van der Waals surface area contributed by atoms with Gasteiger partial charge in [-0.2, -0.15) is 10.2 Å². The smallest absolute Gasteiger partial charge is 0.254 e. The predicted octanol–water partition coefficient (Wildman–Crippen LogP) is 5.35. The molecule has 0 fully saturated rings. The molecule has 0 unspecified atom stereocenters. The minimum absolute atomic E-state index is 0.0988. The predicted molar refractivity (Wildman–Crippen MR) is 134 cm³/mol. The van der Waals surface area contributed by atoms with E-state index in [1.807, 2.05) is 86.6 Å². The van der Waals surface area contributed by atoms with E-state index in [1.54, 1.807) is 23.4 Å². The molecule has 0 N–H and O–H groups in total. The number of nitrogens with zero attached hydrogens (tertiary/aromatic N) is 6. The first kappa shape index (κ1) is 22.6. The van der Waals surface area contributed by atoms with Gasteiger partial charge in [-0.1, -0.05) is 18.2 Å². The molecule has 35 heavy (non-hydrogen) atoms. The Kier molecular flexibility index (Phi) is 5.72. The van der Waals surface area contributed by atoms with E-state index < -0.39 is 0 Å². The molecule has 4 aromatic heterocycles. The summed E-state index contributed by atoms with van der Waals surface area (Å²) in [6.07, 6.45) is 3.32. The Morgan fingerprint density at radius 3 is 2.57 bits per heavy atom. The highest BCUT2D eigenvalue weighted by atomic mass is 16.3. The summed E-state index contributed by atoms with van der Waals surface area (Å²) in [5.41, 5.74) is 5.74. The number of furan rings is 1. The second-order valence-electron chi connectivity index (χ2n) is 9.01. The molecule has 0 aliphatic carbocycles. The lowest BCUT2D eigenvalue weighted by Crippen LogP contribution is -2.27. The van der Waals surface area contributed by atoms with E-state index in [1.165, 1.54) is 0 Å². The van der Waals surface area contributed by atoms with Crippen LogP contribution in [0.25, 0.3) is 28.2 Å². The summed E-state index contributed by atoms with van der Waals surface area (Å²) in [6, 6.07) is 15.5. The molecule has 8 nitrogen and oxygen atoms in total. The lowest BCUT2D eigenvalue weighted by Gasteiger charge is -2.19. The van der Waals surface area contributed by atoms with Crippen LogP contribution in [-0.2, 0) is 6.54 Å². The van der Waals surface area contributed by atoms with E-state index in [9.17, 15) is 4.79 Å². The molecule has 0 bridgehead atoms. The minimum atomic E-state index is -0.111. The number of amides is 1. The third-order valence-corrected chi connectivity index (χ3v) is 6.24. The third-order valence-electron chi connectivity index (χ3n) is 6.24. The van der Waals surface area contributed by atoms with E-state index in [0.29, 0.717) is 29.2 Å². The number of carbonyl (C=O) groups excluding carboxylic acids is 1. The summed E-state index contributed by atoms with van der Waals surface area (Å²) in [5.74, 6) is 0.496. The molecule has 0 saturated carbocycles. The van der Waals surface area contributed by atoms with Crippen molar-refractivity contribution in [2.45, 2.75) is 40.3 Å². The summed E-state index contributed by atoms with van der Waals surface area (Å²) >= 11 is 0. The van der Waals surface area contributed by atoms with Crippen molar-refractivity contribution in [1.29, 1.82) is 0 Å². The Bertz CT molecular complexity index is 1500. The number of benzene rings is 1. The van der Waals surface area contributed by atoms with Gasteiger partial charge >= 0.3 is 0 Å². The van der Waals surface area contributed by atoms with Gasteiger partial charge in [0.05, 0.1) is 34.8 Å². The summed E-state index contributed by atoms with van der Waals surface area (Å²) in [5, 5.41) is 9.96. The number of hydrogen-bond acceptors (Lipinski definition) is 5. The van der Waals surface area contributed by atoms with Crippen LogP contribution in [0.1, 0.15) is 47.2 Å². The molecule has 0 aliphatic heterocycles. The van der Waals surface area contributed by atoms with Crippen molar-refractivity contribution >= 4 is 16.9 Å². The topological polar surface area (TPSA) is 82.0 Å². The highest BCUT2D eigenvalue weighted by Gasteiger charge is 2.23. The van der Waals surface area contributed by atoms with Gasteiger partial charge < -0.3 is 9.32 Å². The first-order valence-corrected chi connectivity index (χ1v) is 11.6. The van der Waals surface area contributed by atoms with Crippen LogP contribution in [0.5, 0.6) is 0 Å². The van der Waals surface area contributed by atoms with Crippen LogP contribution in [-0.4, -0.2) is 42.4 Å². The molecule has 0 saturated heterocycles. The molecule has 8 heteroatoms. The maximum absolute atomic E-state index is 13.8. The average Bonchev–Trinajstić information content (AvgIpc) is 3.59. The van der Waals surface area contributed by atoms with Crippen LogP contribution in [0, 0.1) is 13.8 Å². The highest BCUT2D eigenvalue weighted by molar-refractivity contribution is 6.06. The molecule has 0 atom stereocenters. The molecule has 0 spiro atoms. The molecular formula is C27H28N6O2. The maximum Gasteiger partial charge on any atom is 0.254 e. The van der Waals surface area contributed by atoms with Crippen molar-refractivity contribution in [3.05, 3.63) is 83.5 Å². The van der Waals surface area contributed by atoms with Gasteiger partial charge in [-0.3, -0.25) is 4.79 Å². The highest BCUT2D eigenvalue weighted by Crippen LogP contribution is 2.28. The normalized spacial score (nSPS) is 11.5. The van der Waals surface area contributed by atoms with Crippen molar-refractivity contribution in [3.63, 3.8) is 0 Å². The van der Waals surface area contributed by atoms with Crippen LogP contribution >= 0.6 is 0 Å². The zero-order valence-electron chi connectivity index (χ0n) is 20.6.